The monoisotopic (exact) mass is 125 g/mol. The Balaban J connectivity index is 2.44. The fourth-order valence-electron chi connectivity index (χ4n) is 0.617. The second kappa shape index (κ2) is 3.12. The van der Waals surface area contributed by atoms with Crippen LogP contribution in [0.3, 0.4) is 0 Å². The Kier molecular flexibility index (Phi) is 2.13. The van der Waals surface area contributed by atoms with E-state index in [1.807, 2.05) is 25.7 Å². The minimum Gasteiger partial charge on any atom is -0.389 e. The number of hydrazone groups is 1. The lowest BCUT2D eigenvalue weighted by atomic mass is 10.4. The van der Waals surface area contributed by atoms with E-state index in [1.54, 1.807) is 5.01 Å². The summed E-state index contributed by atoms with van der Waals surface area (Å²) >= 11 is 0. The largest absolute Gasteiger partial charge is 0.389 e. The summed E-state index contributed by atoms with van der Waals surface area (Å²) in [6.45, 7) is 0.980. The van der Waals surface area contributed by atoms with E-state index >= 15 is 0 Å². The molecular weight excluding hydrogens is 114 g/mol. The predicted molar refractivity (Wildman–Crippen MR) is 38.0 cm³/mol. The fraction of sp³-hybridized carbons (Fsp3) is 0.500. The molecule has 0 saturated heterocycles. The zero-order valence-electron chi connectivity index (χ0n) is 5.54. The van der Waals surface area contributed by atoms with Gasteiger partial charge in [-0.25, -0.2) is 0 Å². The minimum atomic E-state index is 0.980. The van der Waals surface area contributed by atoms with Crippen LogP contribution in [-0.4, -0.2) is 24.8 Å². The second-order valence-electron chi connectivity index (χ2n) is 1.93. The maximum Gasteiger partial charge on any atom is 0.0385 e. The molecule has 0 bridgehead atoms. The van der Waals surface area contributed by atoms with Gasteiger partial charge in [0.2, 0.25) is 0 Å². The van der Waals surface area contributed by atoms with Crippen molar-refractivity contribution in [2.75, 3.05) is 13.6 Å². The Morgan fingerprint density at radius 3 is 3.44 bits per heavy atom. The smallest absolute Gasteiger partial charge is 0.0385 e. The van der Waals surface area contributed by atoms with Crippen molar-refractivity contribution in [3.05, 3.63) is 12.4 Å². The van der Waals surface area contributed by atoms with Crippen LogP contribution in [0.4, 0.5) is 0 Å². The molecule has 0 unspecified atom stereocenters. The molecule has 0 aromatic heterocycles. The molecule has 0 atom stereocenters. The standard InChI is InChI=1S/C6H11N3/c1-9-6-5-7-3-2-4-8-9/h4-7H,2-3H2,1H3/b6-5-,8-4?. The van der Waals surface area contributed by atoms with Crippen LogP contribution in [0.15, 0.2) is 17.5 Å². The molecule has 0 fully saturated rings. The third-order valence-electron chi connectivity index (χ3n) is 1.09. The van der Waals surface area contributed by atoms with Crippen molar-refractivity contribution in [1.82, 2.24) is 10.3 Å². The molecule has 0 amide bonds. The Bertz CT molecular complexity index is 114. The van der Waals surface area contributed by atoms with Crippen molar-refractivity contribution >= 4 is 6.21 Å². The molecule has 1 aliphatic heterocycles. The predicted octanol–water partition coefficient (Wildman–Crippen LogP) is 0.368. The number of hydrogen-bond acceptors (Lipinski definition) is 3. The van der Waals surface area contributed by atoms with Crippen LogP contribution in [-0.2, 0) is 0 Å². The first-order valence-electron chi connectivity index (χ1n) is 3.05. The molecule has 0 radical (unpaired) electrons. The first kappa shape index (κ1) is 6.13. The van der Waals surface area contributed by atoms with Crippen LogP contribution in [0.1, 0.15) is 6.42 Å². The summed E-state index contributed by atoms with van der Waals surface area (Å²) in [7, 11) is 1.90. The number of nitrogens with zero attached hydrogens (tertiary/aromatic N) is 2. The molecular formula is C6H11N3. The average Bonchev–Trinajstić information content (AvgIpc) is 1.79. The fourth-order valence-corrected chi connectivity index (χ4v) is 0.617. The minimum absolute atomic E-state index is 0.980. The van der Waals surface area contributed by atoms with Crippen LogP contribution in [0, 0.1) is 0 Å². The van der Waals surface area contributed by atoms with Crippen molar-refractivity contribution in [1.29, 1.82) is 0 Å². The van der Waals surface area contributed by atoms with Crippen LogP contribution in [0.5, 0.6) is 0 Å². The van der Waals surface area contributed by atoms with Gasteiger partial charge in [0.25, 0.3) is 0 Å². The summed E-state index contributed by atoms with van der Waals surface area (Å²) in [6, 6.07) is 0. The molecule has 3 nitrogen and oxygen atoms in total. The van der Waals surface area contributed by atoms with Crippen molar-refractivity contribution < 1.29 is 0 Å². The molecule has 0 aromatic carbocycles. The molecule has 3 heteroatoms. The van der Waals surface area contributed by atoms with Gasteiger partial charge in [-0.3, -0.25) is 5.01 Å². The summed E-state index contributed by atoms with van der Waals surface area (Å²) in [5.74, 6) is 0. The molecule has 9 heavy (non-hydrogen) atoms. The Morgan fingerprint density at radius 2 is 2.56 bits per heavy atom. The Morgan fingerprint density at radius 1 is 1.67 bits per heavy atom. The van der Waals surface area contributed by atoms with E-state index in [1.165, 1.54) is 0 Å². The Hall–Kier alpha value is -0.990. The van der Waals surface area contributed by atoms with Gasteiger partial charge in [0, 0.05) is 38.6 Å². The normalized spacial score (nSPS) is 22.1. The van der Waals surface area contributed by atoms with Crippen molar-refractivity contribution in [3.63, 3.8) is 0 Å². The van der Waals surface area contributed by atoms with E-state index in [0.717, 1.165) is 13.0 Å². The maximum atomic E-state index is 4.07. The topological polar surface area (TPSA) is 27.6 Å². The third kappa shape index (κ3) is 2.17. The lowest BCUT2D eigenvalue weighted by molar-refractivity contribution is 0.484. The van der Waals surface area contributed by atoms with Crippen molar-refractivity contribution in [3.8, 4) is 0 Å². The van der Waals surface area contributed by atoms with E-state index in [0.29, 0.717) is 0 Å². The van der Waals surface area contributed by atoms with Gasteiger partial charge in [0.1, 0.15) is 0 Å². The van der Waals surface area contributed by atoms with E-state index in [9.17, 15) is 0 Å². The number of rotatable bonds is 0. The maximum absolute atomic E-state index is 4.07. The third-order valence-corrected chi connectivity index (χ3v) is 1.09. The van der Waals surface area contributed by atoms with Gasteiger partial charge < -0.3 is 5.32 Å². The molecule has 1 aliphatic rings. The van der Waals surface area contributed by atoms with Gasteiger partial charge in [-0.05, 0) is 0 Å². The van der Waals surface area contributed by atoms with Gasteiger partial charge in [0.05, 0.1) is 0 Å². The van der Waals surface area contributed by atoms with Gasteiger partial charge >= 0.3 is 0 Å². The zero-order chi connectivity index (χ0) is 6.53. The quantitative estimate of drug-likeness (QED) is 0.506. The average molecular weight is 125 g/mol. The van der Waals surface area contributed by atoms with E-state index < -0.39 is 0 Å². The first-order chi connectivity index (χ1) is 4.39. The highest BCUT2D eigenvalue weighted by Crippen LogP contribution is 1.86. The van der Waals surface area contributed by atoms with Gasteiger partial charge in [0.15, 0.2) is 0 Å². The van der Waals surface area contributed by atoms with Crippen LogP contribution >= 0.6 is 0 Å². The molecule has 0 aliphatic carbocycles. The Labute approximate surface area is 55.0 Å². The highest BCUT2D eigenvalue weighted by molar-refractivity contribution is 5.57. The van der Waals surface area contributed by atoms with E-state index in [4.69, 9.17) is 0 Å². The second-order valence-corrected chi connectivity index (χ2v) is 1.93. The molecule has 1 rings (SSSR count). The first-order valence-corrected chi connectivity index (χ1v) is 3.05. The summed E-state index contributed by atoms with van der Waals surface area (Å²) in [5, 5.41) is 8.94. The van der Waals surface area contributed by atoms with Gasteiger partial charge in [-0.2, -0.15) is 5.10 Å². The molecule has 1 N–H and O–H groups in total. The van der Waals surface area contributed by atoms with E-state index in [-0.39, 0.29) is 0 Å². The molecule has 1 heterocycles. The summed E-state index contributed by atoms with van der Waals surface area (Å²) in [6.07, 6.45) is 6.68. The summed E-state index contributed by atoms with van der Waals surface area (Å²) < 4.78 is 0. The molecule has 0 spiro atoms. The van der Waals surface area contributed by atoms with E-state index in [2.05, 4.69) is 10.4 Å². The highest BCUT2D eigenvalue weighted by atomic mass is 15.4. The zero-order valence-corrected chi connectivity index (χ0v) is 5.54. The van der Waals surface area contributed by atoms with Crippen molar-refractivity contribution in [2.24, 2.45) is 5.10 Å². The van der Waals surface area contributed by atoms with Crippen molar-refractivity contribution in [2.45, 2.75) is 6.42 Å². The highest BCUT2D eigenvalue weighted by Gasteiger charge is 1.86. The number of hydrogen-bond donors (Lipinski definition) is 1. The SMILES string of the molecule is CN1/C=C\NCCC=N1. The lowest BCUT2D eigenvalue weighted by Crippen LogP contribution is -2.13. The number of nitrogens with one attached hydrogen (secondary N) is 1. The lowest BCUT2D eigenvalue weighted by Gasteiger charge is -2.08. The van der Waals surface area contributed by atoms with Crippen LogP contribution in [0.25, 0.3) is 0 Å². The summed E-state index contributed by atoms with van der Waals surface area (Å²) in [5.41, 5.74) is 0. The van der Waals surface area contributed by atoms with Gasteiger partial charge in [-0.15, -0.1) is 0 Å². The molecule has 50 valence electrons. The van der Waals surface area contributed by atoms with Crippen LogP contribution in [0.2, 0.25) is 0 Å². The van der Waals surface area contributed by atoms with Crippen LogP contribution < -0.4 is 5.32 Å². The molecule has 0 aromatic rings. The van der Waals surface area contributed by atoms with Gasteiger partial charge in [-0.1, -0.05) is 0 Å². The molecule has 0 saturated carbocycles. The summed E-state index contributed by atoms with van der Waals surface area (Å²) in [4.78, 5) is 0.